The number of carbonyl (C=O) groups is 1. The van der Waals surface area contributed by atoms with Gasteiger partial charge < -0.3 is 4.90 Å². The fraction of sp³-hybridized carbons (Fsp3) is 0.300. The van der Waals surface area contributed by atoms with Gasteiger partial charge in [0.05, 0.1) is 22.3 Å². The zero-order valence-corrected chi connectivity index (χ0v) is 9.82. The number of hydrogen-bond donors (Lipinski definition) is 0. The number of carbonyl (C=O) groups excluding carboxylic acids is 1. The van der Waals surface area contributed by atoms with Crippen LogP contribution in [0.1, 0.15) is 5.56 Å². The molecule has 0 aliphatic rings. The van der Waals surface area contributed by atoms with Crippen LogP contribution in [-0.2, 0) is 11.2 Å². The molecule has 96 valence electrons. The lowest BCUT2D eigenvalue weighted by Crippen LogP contribution is -2.23. The number of amides is 1. The second-order valence-electron chi connectivity index (χ2n) is 3.79. The first-order valence-corrected chi connectivity index (χ1v) is 4.94. The second kappa shape index (κ2) is 5.21. The molecule has 0 heterocycles. The minimum absolute atomic E-state index is 0.157. The van der Waals surface area contributed by atoms with E-state index in [0.717, 1.165) is 12.1 Å². The van der Waals surface area contributed by atoms with Crippen LogP contribution < -0.4 is 0 Å². The van der Waals surface area contributed by atoms with E-state index in [-0.39, 0.29) is 23.6 Å². The fourth-order valence-electron chi connectivity index (χ4n) is 1.31. The molecule has 0 aliphatic heterocycles. The van der Waals surface area contributed by atoms with E-state index >= 15 is 0 Å². The highest BCUT2D eigenvalue weighted by Crippen LogP contribution is 2.25. The first-order valence-electron chi connectivity index (χ1n) is 4.94. The summed E-state index contributed by atoms with van der Waals surface area (Å²) in [7, 11) is 3.05. The SMILES string of the molecule is CN(C)C(=O)Cc1ccc([N+](=O)[O-])cc1[N+](=O)[O-]. The number of nitro groups is 2. The Labute approximate surface area is 102 Å². The lowest BCUT2D eigenvalue weighted by molar-refractivity contribution is -0.394. The summed E-state index contributed by atoms with van der Waals surface area (Å²) in [5, 5.41) is 21.3. The number of likely N-dealkylation sites (N-methyl/N-ethyl adjacent to an activating group) is 1. The third kappa shape index (κ3) is 3.00. The van der Waals surface area contributed by atoms with E-state index in [4.69, 9.17) is 0 Å². The van der Waals surface area contributed by atoms with Crippen molar-refractivity contribution in [2.24, 2.45) is 0 Å². The second-order valence-corrected chi connectivity index (χ2v) is 3.79. The third-order valence-corrected chi connectivity index (χ3v) is 2.32. The van der Waals surface area contributed by atoms with Gasteiger partial charge in [-0.25, -0.2) is 0 Å². The van der Waals surface area contributed by atoms with Crippen molar-refractivity contribution in [3.8, 4) is 0 Å². The highest BCUT2D eigenvalue weighted by atomic mass is 16.6. The van der Waals surface area contributed by atoms with Gasteiger partial charge in [0, 0.05) is 25.7 Å². The van der Waals surface area contributed by atoms with Crippen molar-refractivity contribution < 1.29 is 14.6 Å². The Hall–Kier alpha value is -2.51. The van der Waals surface area contributed by atoms with Crippen molar-refractivity contribution >= 4 is 17.3 Å². The highest BCUT2D eigenvalue weighted by Gasteiger charge is 2.21. The van der Waals surface area contributed by atoms with Crippen LogP contribution in [0.5, 0.6) is 0 Å². The number of benzene rings is 1. The van der Waals surface area contributed by atoms with Crippen molar-refractivity contribution in [2.75, 3.05) is 14.1 Å². The van der Waals surface area contributed by atoms with Gasteiger partial charge >= 0.3 is 0 Å². The first kappa shape index (κ1) is 13.6. The molecule has 1 aromatic rings. The molecular weight excluding hydrogens is 242 g/mol. The van der Waals surface area contributed by atoms with Crippen molar-refractivity contribution in [3.05, 3.63) is 44.0 Å². The molecule has 1 amide bonds. The van der Waals surface area contributed by atoms with Crippen LogP contribution in [-0.4, -0.2) is 34.7 Å². The Morgan fingerprint density at radius 2 is 1.83 bits per heavy atom. The van der Waals surface area contributed by atoms with Crippen LogP contribution in [0.15, 0.2) is 18.2 Å². The maximum Gasteiger partial charge on any atom is 0.279 e. The Morgan fingerprint density at radius 1 is 1.22 bits per heavy atom. The summed E-state index contributed by atoms with van der Waals surface area (Å²) in [4.78, 5) is 32.7. The molecule has 0 N–H and O–H groups in total. The molecule has 0 aliphatic carbocycles. The normalized spacial score (nSPS) is 9.89. The van der Waals surface area contributed by atoms with Gasteiger partial charge in [-0.15, -0.1) is 0 Å². The van der Waals surface area contributed by atoms with E-state index in [9.17, 15) is 25.0 Å². The number of nitro benzene ring substituents is 2. The Morgan fingerprint density at radius 3 is 2.28 bits per heavy atom. The summed E-state index contributed by atoms with van der Waals surface area (Å²) in [6, 6.07) is 3.24. The van der Waals surface area contributed by atoms with Crippen LogP contribution in [0.25, 0.3) is 0 Å². The third-order valence-electron chi connectivity index (χ3n) is 2.32. The molecule has 8 heteroatoms. The molecule has 0 unspecified atom stereocenters. The van der Waals surface area contributed by atoms with E-state index < -0.39 is 15.5 Å². The van der Waals surface area contributed by atoms with Crippen molar-refractivity contribution in [2.45, 2.75) is 6.42 Å². The van der Waals surface area contributed by atoms with E-state index in [2.05, 4.69) is 0 Å². The molecular formula is C10H11N3O5. The fourth-order valence-corrected chi connectivity index (χ4v) is 1.31. The maximum atomic E-state index is 11.5. The molecule has 18 heavy (non-hydrogen) atoms. The molecule has 1 rings (SSSR count). The lowest BCUT2D eigenvalue weighted by Gasteiger charge is -2.09. The summed E-state index contributed by atoms with van der Waals surface area (Å²) in [5.41, 5.74) is -0.633. The van der Waals surface area contributed by atoms with Crippen LogP contribution in [0.2, 0.25) is 0 Å². The smallest absolute Gasteiger partial charge is 0.279 e. The largest absolute Gasteiger partial charge is 0.349 e. The van der Waals surface area contributed by atoms with E-state index in [1.807, 2.05) is 0 Å². The van der Waals surface area contributed by atoms with Gasteiger partial charge in [-0.2, -0.15) is 0 Å². The first-order chi connectivity index (χ1) is 8.32. The summed E-state index contributed by atoms with van der Waals surface area (Å²) in [6.45, 7) is 0. The van der Waals surface area contributed by atoms with Crippen molar-refractivity contribution in [1.29, 1.82) is 0 Å². The van der Waals surface area contributed by atoms with Gasteiger partial charge in [-0.05, 0) is 6.07 Å². The molecule has 0 spiro atoms. The Bertz CT molecular complexity index is 512. The number of rotatable bonds is 4. The molecule has 0 fully saturated rings. The maximum absolute atomic E-state index is 11.5. The average molecular weight is 253 g/mol. The zero-order chi connectivity index (χ0) is 13.9. The van der Waals surface area contributed by atoms with Crippen LogP contribution in [0, 0.1) is 20.2 Å². The number of non-ortho nitro benzene ring substituents is 1. The molecule has 0 atom stereocenters. The molecule has 0 saturated heterocycles. The van der Waals surface area contributed by atoms with Gasteiger partial charge in [0.15, 0.2) is 0 Å². The minimum atomic E-state index is -0.731. The predicted molar refractivity (Wildman–Crippen MR) is 62.1 cm³/mol. The van der Waals surface area contributed by atoms with E-state index in [1.54, 1.807) is 0 Å². The Kier molecular flexibility index (Phi) is 3.93. The summed E-state index contributed by atoms with van der Waals surface area (Å²) < 4.78 is 0. The van der Waals surface area contributed by atoms with Crippen molar-refractivity contribution in [1.82, 2.24) is 4.90 Å². The van der Waals surface area contributed by atoms with Gasteiger partial charge in [-0.1, -0.05) is 0 Å². The molecule has 0 aromatic heterocycles. The number of hydrogen-bond acceptors (Lipinski definition) is 5. The molecule has 8 nitrogen and oxygen atoms in total. The van der Waals surface area contributed by atoms with Gasteiger partial charge in [0.2, 0.25) is 5.91 Å². The van der Waals surface area contributed by atoms with Gasteiger partial charge in [0.1, 0.15) is 0 Å². The van der Waals surface area contributed by atoms with E-state index in [0.29, 0.717) is 0 Å². The summed E-state index contributed by atoms with van der Waals surface area (Å²) >= 11 is 0. The van der Waals surface area contributed by atoms with E-state index in [1.165, 1.54) is 25.1 Å². The standard InChI is InChI=1S/C10H11N3O5/c1-11(2)10(14)5-7-3-4-8(12(15)16)6-9(7)13(17)18/h3-4,6H,5H2,1-2H3. The highest BCUT2D eigenvalue weighted by molar-refractivity contribution is 5.79. The van der Waals surface area contributed by atoms with Crippen LogP contribution in [0.3, 0.4) is 0 Å². The molecule has 0 radical (unpaired) electrons. The molecule has 0 saturated carbocycles. The molecule has 0 bridgehead atoms. The summed E-state index contributed by atoms with van der Waals surface area (Å²) in [6.07, 6.45) is -0.165. The van der Waals surface area contributed by atoms with Crippen LogP contribution in [0.4, 0.5) is 11.4 Å². The monoisotopic (exact) mass is 253 g/mol. The lowest BCUT2D eigenvalue weighted by atomic mass is 10.1. The topological polar surface area (TPSA) is 107 Å². The summed E-state index contributed by atoms with van der Waals surface area (Å²) in [5.74, 6) is -0.313. The van der Waals surface area contributed by atoms with Crippen molar-refractivity contribution in [3.63, 3.8) is 0 Å². The Balaban J connectivity index is 3.16. The van der Waals surface area contributed by atoms with Gasteiger partial charge in [-0.3, -0.25) is 25.0 Å². The quantitative estimate of drug-likeness (QED) is 0.590. The predicted octanol–water partition coefficient (Wildman–Crippen LogP) is 1.13. The minimum Gasteiger partial charge on any atom is -0.349 e. The molecule has 1 aromatic carbocycles. The zero-order valence-electron chi connectivity index (χ0n) is 9.82. The van der Waals surface area contributed by atoms with Gasteiger partial charge in [0.25, 0.3) is 11.4 Å². The van der Waals surface area contributed by atoms with Crippen LogP contribution >= 0.6 is 0 Å². The number of nitrogens with zero attached hydrogens (tertiary/aromatic N) is 3. The average Bonchev–Trinajstić information content (AvgIpc) is 2.28.